The molecule has 2 nitrogen and oxygen atoms in total. The quantitative estimate of drug-likeness (QED) is 0.720. The minimum atomic E-state index is 0.676. The van der Waals surface area contributed by atoms with Crippen molar-refractivity contribution in [2.24, 2.45) is 11.8 Å². The third kappa shape index (κ3) is 6.11. The summed E-state index contributed by atoms with van der Waals surface area (Å²) in [5.74, 6) is 2.43. The normalized spacial score (nSPS) is 12.7. The lowest BCUT2D eigenvalue weighted by atomic mass is 9.96. The molecule has 1 aromatic rings. The molecule has 0 fully saturated rings. The highest BCUT2D eigenvalue weighted by Crippen LogP contribution is 2.23. The Morgan fingerprint density at radius 3 is 2.58 bits per heavy atom. The lowest BCUT2D eigenvalue weighted by Crippen LogP contribution is -2.22. The summed E-state index contributed by atoms with van der Waals surface area (Å²) in [5, 5.41) is 3.51. The van der Waals surface area contributed by atoms with Crippen LogP contribution in [0.2, 0.25) is 0 Å². The summed E-state index contributed by atoms with van der Waals surface area (Å²) in [4.78, 5) is 0. The highest BCUT2D eigenvalue weighted by Gasteiger charge is 2.08. The maximum atomic E-state index is 5.44. The second-order valence-corrected chi connectivity index (χ2v) is 6.01. The molecule has 1 rings (SSSR count). The van der Waals surface area contributed by atoms with E-state index in [2.05, 4.69) is 51.2 Å². The van der Waals surface area contributed by atoms with E-state index >= 15 is 0 Å². The average Bonchev–Trinajstić information content (AvgIpc) is 2.35. The number of benzene rings is 1. The van der Waals surface area contributed by atoms with Gasteiger partial charge in [-0.15, -0.1) is 0 Å². The largest absolute Gasteiger partial charge is 0.496 e. The summed E-state index contributed by atoms with van der Waals surface area (Å²) < 4.78 is 5.44. The van der Waals surface area contributed by atoms with Crippen LogP contribution in [-0.4, -0.2) is 20.2 Å². The van der Waals surface area contributed by atoms with Gasteiger partial charge in [0, 0.05) is 0 Å². The maximum absolute atomic E-state index is 5.44. The van der Waals surface area contributed by atoms with Gasteiger partial charge in [-0.3, -0.25) is 0 Å². The van der Waals surface area contributed by atoms with Crippen molar-refractivity contribution in [2.75, 3.05) is 20.2 Å². The van der Waals surface area contributed by atoms with Crippen molar-refractivity contribution in [1.29, 1.82) is 0 Å². The molecule has 2 heteroatoms. The Morgan fingerprint density at radius 1 is 1.21 bits per heavy atom. The van der Waals surface area contributed by atoms with Crippen LogP contribution in [0.15, 0.2) is 18.2 Å². The van der Waals surface area contributed by atoms with Crippen molar-refractivity contribution in [3.63, 3.8) is 0 Å². The van der Waals surface area contributed by atoms with Gasteiger partial charge in [0.05, 0.1) is 7.11 Å². The topological polar surface area (TPSA) is 21.3 Å². The third-order valence-electron chi connectivity index (χ3n) is 3.37. The molecular formula is C17H29NO. The van der Waals surface area contributed by atoms with Crippen LogP contribution >= 0.6 is 0 Å². The smallest absolute Gasteiger partial charge is 0.122 e. The van der Waals surface area contributed by atoms with E-state index in [9.17, 15) is 0 Å². The van der Waals surface area contributed by atoms with E-state index in [0.29, 0.717) is 5.92 Å². The molecule has 1 aromatic carbocycles. The first-order chi connectivity index (χ1) is 9.02. The Kier molecular flexibility index (Phi) is 6.93. The fraction of sp³-hybridized carbons (Fsp3) is 0.647. The molecule has 0 amide bonds. The van der Waals surface area contributed by atoms with Gasteiger partial charge in [0.25, 0.3) is 0 Å². The molecule has 19 heavy (non-hydrogen) atoms. The van der Waals surface area contributed by atoms with Crippen molar-refractivity contribution < 1.29 is 4.74 Å². The monoisotopic (exact) mass is 263 g/mol. The van der Waals surface area contributed by atoms with Crippen LogP contribution in [0, 0.1) is 18.8 Å². The number of aryl methyl sites for hydroxylation is 1. The van der Waals surface area contributed by atoms with E-state index in [1.54, 1.807) is 7.11 Å². The third-order valence-corrected chi connectivity index (χ3v) is 3.37. The highest BCUT2D eigenvalue weighted by molar-refractivity contribution is 5.37. The fourth-order valence-corrected chi connectivity index (χ4v) is 2.28. The second kappa shape index (κ2) is 8.21. The minimum absolute atomic E-state index is 0.676. The molecule has 0 aliphatic carbocycles. The molecule has 0 aliphatic heterocycles. The highest BCUT2D eigenvalue weighted by atomic mass is 16.5. The Labute approximate surface area is 118 Å². The molecule has 0 bridgehead atoms. The average molecular weight is 263 g/mol. The van der Waals surface area contributed by atoms with E-state index in [-0.39, 0.29) is 0 Å². The molecule has 0 aromatic heterocycles. The molecule has 0 heterocycles. The molecule has 108 valence electrons. The summed E-state index contributed by atoms with van der Waals surface area (Å²) in [6.45, 7) is 11.2. The molecule has 1 N–H and O–H groups in total. The molecule has 0 radical (unpaired) electrons. The molecule has 0 aliphatic rings. The molecule has 1 atom stereocenters. The van der Waals surface area contributed by atoms with Gasteiger partial charge >= 0.3 is 0 Å². The van der Waals surface area contributed by atoms with Gasteiger partial charge in [0.15, 0.2) is 0 Å². The van der Waals surface area contributed by atoms with Crippen molar-refractivity contribution in [3.05, 3.63) is 29.3 Å². The Bertz CT molecular complexity index is 374. The first kappa shape index (κ1) is 16.0. The first-order valence-electron chi connectivity index (χ1n) is 7.37. The Hall–Kier alpha value is -1.02. The SMILES string of the molecule is COc1ccc(C)cc1CC(C)CCNCC(C)C. The van der Waals surface area contributed by atoms with E-state index in [0.717, 1.165) is 31.2 Å². The zero-order valence-corrected chi connectivity index (χ0v) is 13.1. The van der Waals surface area contributed by atoms with Crippen molar-refractivity contribution in [2.45, 2.75) is 40.5 Å². The zero-order valence-electron chi connectivity index (χ0n) is 13.1. The van der Waals surface area contributed by atoms with Gasteiger partial charge in [0.2, 0.25) is 0 Å². The van der Waals surface area contributed by atoms with Crippen molar-refractivity contribution >= 4 is 0 Å². The van der Waals surface area contributed by atoms with Gasteiger partial charge in [0.1, 0.15) is 5.75 Å². The van der Waals surface area contributed by atoms with Crippen molar-refractivity contribution in [1.82, 2.24) is 5.32 Å². The van der Waals surface area contributed by atoms with Gasteiger partial charge in [-0.05, 0) is 56.3 Å². The van der Waals surface area contributed by atoms with Crippen LogP contribution in [0.4, 0.5) is 0 Å². The predicted molar refractivity (Wildman–Crippen MR) is 82.9 cm³/mol. The van der Waals surface area contributed by atoms with Gasteiger partial charge in [-0.2, -0.15) is 0 Å². The van der Waals surface area contributed by atoms with Gasteiger partial charge in [-0.1, -0.05) is 38.5 Å². The first-order valence-corrected chi connectivity index (χ1v) is 7.37. The number of hydrogen-bond acceptors (Lipinski definition) is 2. The minimum Gasteiger partial charge on any atom is -0.496 e. The number of hydrogen-bond donors (Lipinski definition) is 1. The summed E-state index contributed by atoms with van der Waals surface area (Å²) >= 11 is 0. The van der Waals surface area contributed by atoms with E-state index in [4.69, 9.17) is 4.74 Å². The summed E-state index contributed by atoms with van der Waals surface area (Å²) in [6, 6.07) is 6.43. The molecular weight excluding hydrogens is 234 g/mol. The predicted octanol–water partition coefficient (Wildman–Crippen LogP) is 3.82. The Morgan fingerprint density at radius 2 is 1.95 bits per heavy atom. The molecule has 0 saturated carbocycles. The van der Waals surface area contributed by atoms with Crippen LogP contribution in [0.3, 0.4) is 0 Å². The van der Waals surface area contributed by atoms with Crippen LogP contribution in [0.25, 0.3) is 0 Å². The fourth-order valence-electron chi connectivity index (χ4n) is 2.28. The van der Waals surface area contributed by atoms with E-state index in [1.807, 2.05) is 0 Å². The van der Waals surface area contributed by atoms with Crippen LogP contribution in [0.1, 0.15) is 38.3 Å². The summed E-state index contributed by atoms with van der Waals surface area (Å²) in [7, 11) is 1.75. The van der Waals surface area contributed by atoms with Crippen molar-refractivity contribution in [3.8, 4) is 5.75 Å². The van der Waals surface area contributed by atoms with Gasteiger partial charge < -0.3 is 10.1 Å². The number of rotatable bonds is 8. The van der Waals surface area contributed by atoms with E-state index in [1.165, 1.54) is 17.5 Å². The molecule has 1 unspecified atom stereocenters. The summed E-state index contributed by atoms with van der Waals surface area (Å²) in [6.07, 6.45) is 2.30. The second-order valence-electron chi connectivity index (χ2n) is 6.01. The van der Waals surface area contributed by atoms with Gasteiger partial charge in [-0.25, -0.2) is 0 Å². The summed E-state index contributed by atoms with van der Waals surface area (Å²) in [5.41, 5.74) is 2.64. The zero-order chi connectivity index (χ0) is 14.3. The van der Waals surface area contributed by atoms with E-state index < -0.39 is 0 Å². The van der Waals surface area contributed by atoms with Crippen LogP contribution in [0.5, 0.6) is 5.75 Å². The number of nitrogens with one attached hydrogen (secondary N) is 1. The Balaban J connectivity index is 2.43. The number of ether oxygens (including phenoxy) is 1. The molecule has 0 spiro atoms. The van der Waals surface area contributed by atoms with Crippen LogP contribution in [-0.2, 0) is 6.42 Å². The lowest BCUT2D eigenvalue weighted by Gasteiger charge is -2.15. The molecule has 0 saturated heterocycles. The standard InChI is InChI=1S/C17H29NO/c1-13(2)12-18-9-8-15(4)11-16-10-14(3)6-7-17(16)19-5/h6-7,10,13,15,18H,8-9,11-12H2,1-5H3. The maximum Gasteiger partial charge on any atom is 0.122 e. The lowest BCUT2D eigenvalue weighted by molar-refractivity contribution is 0.402. The number of methoxy groups -OCH3 is 1. The van der Waals surface area contributed by atoms with Crippen LogP contribution < -0.4 is 10.1 Å².